The van der Waals surface area contributed by atoms with Crippen LogP contribution in [0.3, 0.4) is 0 Å². The molecule has 2 aromatic carbocycles. The number of hydrogen-bond donors (Lipinski definition) is 2. The highest BCUT2D eigenvalue weighted by atomic mass is 35.5. The first-order valence-electron chi connectivity index (χ1n) is 18.2. The number of rotatable bonds is 12. The van der Waals surface area contributed by atoms with Gasteiger partial charge in [0.1, 0.15) is 11.2 Å². The summed E-state index contributed by atoms with van der Waals surface area (Å²) in [5, 5.41) is 13.6. The van der Waals surface area contributed by atoms with E-state index in [2.05, 4.69) is 30.1 Å². The van der Waals surface area contributed by atoms with E-state index in [0.717, 1.165) is 48.1 Å². The number of aliphatic hydroxyl groups excluding tert-OH is 1. The van der Waals surface area contributed by atoms with Gasteiger partial charge in [0.05, 0.1) is 48.7 Å². The monoisotopic (exact) mass is 772 g/mol. The van der Waals surface area contributed by atoms with Gasteiger partial charge in [-0.1, -0.05) is 41.9 Å². The van der Waals surface area contributed by atoms with Crippen molar-refractivity contribution in [2.45, 2.75) is 64.3 Å². The second-order valence-corrected chi connectivity index (χ2v) is 14.6. The van der Waals surface area contributed by atoms with Crippen molar-refractivity contribution >= 4 is 40.1 Å². The topological polar surface area (TPSA) is 139 Å². The summed E-state index contributed by atoms with van der Waals surface area (Å²) in [5.74, 6) is -0.324. The standard InChI is InChI=1S/C40H43ClF2N8O4/c1-22-27(7-6-10-30(22)46-37-35-31(47-38(49-37)36(42)43)15-23(17-45-35)19-51-14-13-26(52)20-51)28-8-5-9-29(34(28)41)32-18-44-33(39(48-32)54-3)21-50(2)25-12-11-24(16-25)40(53)55-4/h5-10,15,17-18,24-26,36,52H,11-14,16,19-21H2,1-4H3,(H,46,47,49)/t24-,25-,26+/m0/s1. The van der Waals surface area contributed by atoms with E-state index in [1.165, 1.54) is 7.11 Å². The summed E-state index contributed by atoms with van der Waals surface area (Å²) < 4.78 is 38.7. The van der Waals surface area contributed by atoms with Crippen LogP contribution >= 0.6 is 11.6 Å². The Morgan fingerprint density at radius 3 is 2.58 bits per heavy atom. The second-order valence-electron chi connectivity index (χ2n) is 14.2. The largest absolute Gasteiger partial charge is 0.480 e. The lowest BCUT2D eigenvalue weighted by Crippen LogP contribution is -2.30. The Morgan fingerprint density at radius 2 is 1.84 bits per heavy atom. The van der Waals surface area contributed by atoms with Crippen molar-refractivity contribution in [2.24, 2.45) is 5.92 Å². The number of halogens is 3. The second kappa shape index (κ2) is 16.5. The minimum absolute atomic E-state index is 0.0967. The molecule has 1 aliphatic heterocycles. The Balaban J connectivity index is 1.14. The fourth-order valence-corrected chi connectivity index (χ4v) is 7.92. The number of carbonyl (C=O) groups is 1. The number of aliphatic hydroxyl groups is 1. The van der Waals surface area contributed by atoms with Gasteiger partial charge in [-0.15, -0.1) is 0 Å². The molecule has 0 bridgehead atoms. The van der Waals surface area contributed by atoms with Crippen molar-refractivity contribution in [3.63, 3.8) is 0 Å². The third kappa shape index (κ3) is 8.23. The number of likely N-dealkylation sites (tertiary alicyclic amines) is 1. The molecule has 12 nitrogen and oxygen atoms in total. The summed E-state index contributed by atoms with van der Waals surface area (Å²) in [5.41, 5.74) is 6.31. The zero-order valence-corrected chi connectivity index (χ0v) is 31.9. The van der Waals surface area contributed by atoms with Gasteiger partial charge in [0, 0.05) is 55.2 Å². The minimum atomic E-state index is -2.89. The number of methoxy groups -OCH3 is 2. The van der Waals surface area contributed by atoms with Crippen molar-refractivity contribution < 1.29 is 28.2 Å². The van der Waals surface area contributed by atoms with Crippen LogP contribution in [0, 0.1) is 12.8 Å². The van der Waals surface area contributed by atoms with Crippen LogP contribution in [0.2, 0.25) is 5.02 Å². The third-order valence-corrected chi connectivity index (χ3v) is 11.0. The number of hydrogen-bond acceptors (Lipinski definition) is 12. The molecule has 3 atom stereocenters. The molecule has 55 heavy (non-hydrogen) atoms. The normalized spacial score (nSPS) is 18.8. The number of fused-ring (bicyclic) bond motifs is 1. The molecular formula is C40H43ClF2N8O4. The van der Waals surface area contributed by atoms with Crippen molar-refractivity contribution in [3.8, 4) is 28.3 Å². The molecule has 0 spiro atoms. The Hall–Kier alpha value is -4.89. The van der Waals surface area contributed by atoms with Crippen LogP contribution in [0.5, 0.6) is 5.88 Å². The van der Waals surface area contributed by atoms with Crippen LogP contribution < -0.4 is 10.1 Å². The highest BCUT2D eigenvalue weighted by molar-refractivity contribution is 6.36. The molecule has 7 rings (SSSR count). The van der Waals surface area contributed by atoms with E-state index in [0.29, 0.717) is 70.6 Å². The van der Waals surface area contributed by atoms with E-state index in [-0.39, 0.29) is 29.9 Å². The molecule has 2 N–H and O–H groups in total. The van der Waals surface area contributed by atoms with Crippen LogP contribution in [0.1, 0.15) is 54.8 Å². The van der Waals surface area contributed by atoms with Crippen LogP contribution in [0.4, 0.5) is 20.3 Å². The number of benzene rings is 2. The first-order chi connectivity index (χ1) is 26.5. The molecule has 4 heterocycles. The minimum Gasteiger partial charge on any atom is -0.480 e. The molecule has 3 aromatic heterocycles. The van der Waals surface area contributed by atoms with E-state index in [1.54, 1.807) is 25.6 Å². The number of esters is 1. The Bertz CT molecular complexity index is 2210. The molecule has 5 aromatic rings. The van der Waals surface area contributed by atoms with E-state index in [9.17, 15) is 18.7 Å². The van der Waals surface area contributed by atoms with Crippen LogP contribution in [-0.2, 0) is 22.6 Å². The van der Waals surface area contributed by atoms with Gasteiger partial charge in [-0.05, 0) is 68.5 Å². The number of nitrogens with zero attached hydrogens (tertiary/aromatic N) is 7. The van der Waals surface area contributed by atoms with E-state index < -0.39 is 12.2 Å². The van der Waals surface area contributed by atoms with Crippen molar-refractivity contribution in [1.82, 2.24) is 34.7 Å². The fraction of sp³-hybridized carbons (Fsp3) is 0.400. The molecule has 15 heteroatoms. The SMILES string of the molecule is COC(=O)[C@H]1CC[C@H](N(C)Cc2ncc(-c3cccc(-c4cccc(Nc5nc(C(F)F)nc6cc(CN7CC[C@@H](O)C7)cnc56)c4C)c3Cl)nc2OC)C1. The van der Waals surface area contributed by atoms with Gasteiger partial charge in [-0.3, -0.25) is 24.6 Å². The number of aromatic nitrogens is 5. The van der Waals surface area contributed by atoms with E-state index >= 15 is 0 Å². The first-order valence-corrected chi connectivity index (χ1v) is 18.6. The van der Waals surface area contributed by atoms with Crippen LogP contribution in [0.25, 0.3) is 33.4 Å². The molecule has 2 fully saturated rings. The number of carbonyl (C=O) groups excluding carboxylic acids is 1. The number of nitrogens with one attached hydrogen (secondary N) is 1. The van der Waals surface area contributed by atoms with Crippen LogP contribution in [0.15, 0.2) is 54.9 Å². The predicted octanol–water partition coefficient (Wildman–Crippen LogP) is 7.14. The smallest absolute Gasteiger partial charge is 0.308 e. The number of β-amino-alcohol motifs (C(OH)–C–C–N with tert-alkyl or cyclic N) is 1. The summed E-state index contributed by atoms with van der Waals surface area (Å²) >= 11 is 7.13. The molecular weight excluding hydrogens is 730 g/mol. The Labute approximate surface area is 322 Å². The maximum atomic E-state index is 14.1. The molecule has 0 amide bonds. The molecule has 0 unspecified atom stereocenters. The van der Waals surface area contributed by atoms with Gasteiger partial charge in [-0.2, -0.15) is 0 Å². The lowest BCUT2D eigenvalue weighted by Gasteiger charge is -2.24. The summed E-state index contributed by atoms with van der Waals surface area (Å²) in [6, 6.07) is 13.3. The number of ether oxygens (including phenoxy) is 2. The zero-order valence-electron chi connectivity index (χ0n) is 31.1. The summed E-state index contributed by atoms with van der Waals surface area (Å²) in [7, 11) is 4.99. The van der Waals surface area contributed by atoms with E-state index in [4.69, 9.17) is 31.0 Å². The lowest BCUT2D eigenvalue weighted by atomic mass is 9.96. The fourth-order valence-electron chi connectivity index (χ4n) is 7.59. The van der Waals surface area contributed by atoms with Gasteiger partial charge < -0.3 is 19.9 Å². The molecule has 2 aliphatic rings. The first kappa shape index (κ1) is 38.4. The molecule has 1 aliphatic carbocycles. The summed E-state index contributed by atoms with van der Waals surface area (Å²) in [6.45, 7) is 4.23. The Morgan fingerprint density at radius 1 is 1.05 bits per heavy atom. The average Bonchev–Trinajstić information content (AvgIpc) is 3.85. The summed E-state index contributed by atoms with van der Waals surface area (Å²) in [6.07, 6.45) is 3.21. The molecule has 1 saturated carbocycles. The van der Waals surface area contributed by atoms with Gasteiger partial charge in [0.25, 0.3) is 6.43 Å². The Kier molecular flexibility index (Phi) is 11.5. The average molecular weight is 773 g/mol. The summed E-state index contributed by atoms with van der Waals surface area (Å²) in [4.78, 5) is 38.8. The number of anilines is 2. The van der Waals surface area contributed by atoms with Crippen molar-refractivity contribution in [3.05, 3.63) is 82.5 Å². The third-order valence-electron chi connectivity index (χ3n) is 10.6. The number of pyridine rings is 1. The van der Waals surface area contributed by atoms with Gasteiger partial charge in [0.2, 0.25) is 5.88 Å². The van der Waals surface area contributed by atoms with Crippen molar-refractivity contribution in [2.75, 3.05) is 39.7 Å². The zero-order chi connectivity index (χ0) is 38.8. The van der Waals surface area contributed by atoms with Gasteiger partial charge in [-0.25, -0.2) is 23.7 Å². The van der Waals surface area contributed by atoms with Crippen molar-refractivity contribution in [1.29, 1.82) is 0 Å². The highest BCUT2D eigenvalue weighted by Gasteiger charge is 2.33. The lowest BCUT2D eigenvalue weighted by molar-refractivity contribution is -0.145. The highest BCUT2D eigenvalue weighted by Crippen LogP contribution is 2.40. The van der Waals surface area contributed by atoms with Crippen LogP contribution in [-0.4, -0.2) is 92.3 Å². The quantitative estimate of drug-likeness (QED) is 0.125. The predicted molar refractivity (Wildman–Crippen MR) is 205 cm³/mol. The molecule has 1 saturated heterocycles. The van der Waals surface area contributed by atoms with E-state index in [1.807, 2.05) is 50.4 Å². The number of alkyl halides is 2. The maximum absolute atomic E-state index is 14.1. The molecule has 288 valence electrons. The molecule has 0 radical (unpaired) electrons. The van der Waals surface area contributed by atoms with Gasteiger partial charge >= 0.3 is 5.97 Å². The maximum Gasteiger partial charge on any atom is 0.308 e. The van der Waals surface area contributed by atoms with Gasteiger partial charge in [0.15, 0.2) is 11.6 Å².